The van der Waals surface area contributed by atoms with Gasteiger partial charge in [0.2, 0.25) is 0 Å². The molecule has 4 aliphatic rings. The van der Waals surface area contributed by atoms with E-state index in [4.69, 9.17) is 0 Å². The molecule has 4 unspecified atom stereocenters. The van der Waals surface area contributed by atoms with Crippen LogP contribution >= 0.6 is 0 Å². The van der Waals surface area contributed by atoms with Gasteiger partial charge in [0.1, 0.15) is 6.04 Å². The Hall–Kier alpha value is -1.18. The molecule has 134 valence electrons. The lowest BCUT2D eigenvalue weighted by atomic mass is 10.0. The van der Waals surface area contributed by atoms with Crippen molar-refractivity contribution in [3.63, 3.8) is 0 Å². The summed E-state index contributed by atoms with van der Waals surface area (Å²) in [7, 11) is 0. The molecule has 0 radical (unpaired) electrons. The van der Waals surface area contributed by atoms with Gasteiger partial charge in [-0.05, 0) is 45.7 Å². The maximum Gasteiger partial charge on any atom is 0.328 e. The SMILES string of the molecule is CC(C)N1CCN2C(=O)N(C(C)N3CC4CNCC4C3)C(=O)C2C1. The predicted octanol–water partition coefficient (Wildman–Crippen LogP) is -0.160. The maximum atomic E-state index is 13.0. The molecule has 4 fully saturated rings. The van der Waals surface area contributed by atoms with Gasteiger partial charge in [-0.1, -0.05) is 0 Å². The average Bonchev–Trinajstić information content (AvgIpc) is 3.20. The van der Waals surface area contributed by atoms with E-state index < -0.39 is 0 Å². The second-order valence-corrected chi connectivity index (χ2v) is 8.05. The Balaban J connectivity index is 1.48. The van der Waals surface area contributed by atoms with Crippen molar-refractivity contribution in [2.45, 2.75) is 39.0 Å². The summed E-state index contributed by atoms with van der Waals surface area (Å²) in [5.74, 6) is 1.33. The first kappa shape index (κ1) is 16.3. The third kappa shape index (κ3) is 2.45. The minimum Gasteiger partial charge on any atom is -0.316 e. The Labute approximate surface area is 143 Å². The van der Waals surface area contributed by atoms with Crippen molar-refractivity contribution in [3.8, 4) is 0 Å². The number of carbonyl (C=O) groups is 2. The maximum absolute atomic E-state index is 13.0. The molecular formula is C17H29N5O2. The van der Waals surface area contributed by atoms with E-state index in [1.54, 1.807) is 4.90 Å². The van der Waals surface area contributed by atoms with Gasteiger partial charge >= 0.3 is 6.03 Å². The molecular weight excluding hydrogens is 306 g/mol. The molecule has 0 aromatic carbocycles. The number of piperazine rings is 1. The third-order valence-electron chi connectivity index (χ3n) is 6.44. The number of nitrogens with zero attached hydrogens (tertiary/aromatic N) is 4. The summed E-state index contributed by atoms with van der Waals surface area (Å²) in [5, 5.41) is 3.44. The summed E-state index contributed by atoms with van der Waals surface area (Å²) >= 11 is 0. The zero-order valence-corrected chi connectivity index (χ0v) is 14.9. The Morgan fingerprint density at radius 2 is 1.62 bits per heavy atom. The van der Waals surface area contributed by atoms with Crippen LogP contribution in [-0.4, -0.2) is 95.6 Å². The number of hydrogen-bond donors (Lipinski definition) is 1. The van der Waals surface area contributed by atoms with E-state index in [-0.39, 0.29) is 24.1 Å². The first-order chi connectivity index (χ1) is 11.5. The molecule has 24 heavy (non-hydrogen) atoms. The minimum absolute atomic E-state index is 0.00645. The Bertz CT molecular complexity index is 527. The first-order valence-corrected chi connectivity index (χ1v) is 9.30. The third-order valence-corrected chi connectivity index (χ3v) is 6.44. The summed E-state index contributed by atoms with van der Waals surface area (Å²) in [5.41, 5.74) is 0. The number of fused-ring (bicyclic) bond motifs is 2. The Morgan fingerprint density at radius 1 is 0.958 bits per heavy atom. The summed E-state index contributed by atoms with van der Waals surface area (Å²) < 4.78 is 0. The summed E-state index contributed by atoms with van der Waals surface area (Å²) in [6, 6.07) is 0.0305. The van der Waals surface area contributed by atoms with Crippen LogP contribution < -0.4 is 5.32 Å². The van der Waals surface area contributed by atoms with Crippen molar-refractivity contribution >= 4 is 11.9 Å². The molecule has 0 aromatic rings. The topological polar surface area (TPSA) is 59.1 Å². The number of urea groups is 1. The number of rotatable bonds is 3. The average molecular weight is 335 g/mol. The van der Waals surface area contributed by atoms with Crippen molar-refractivity contribution in [2.75, 3.05) is 45.8 Å². The van der Waals surface area contributed by atoms with E-state index in [0.29, 0.717) is 31.0 Å². The molecule has 4 saturated heterocycles. The van der Waals surface area contributed by atoms with Crippen molar-refractivity contribution in [1.29, 1.82) is 0 Å². The number of likely N-dealkylation sites (tertiary alicyclic amines) is 1. The molecule has 7 heteroatoms. The normalized spacial score (nSPS) is 35.9. The number of amides is 3. The summed E-state index contributed by atoms with van der Waals surface area (Å²) in [6.07, 6.45) is -0.131. The van der Waals surface area contributed by atoms with Crippen LogP contribution in [0.3, 0.4) is 0 Å². The van der Waals surface area contributed by atoms with Crippen molar-refractivity contribution < 1.29 is 9.59 Å². The second kappa shape index (κ2) is 5.97. The lowest BCUT2D eigenvalue weighted by Crippen LogP contribution is -2.54. The highest BCUT2D eigenvalue weighted by Gasteiger charge is 2.51. The van der Waals surface area contributed by atoms with Gasteiger partial charge in [0.15, 0.2) is 0 Å². The number of imide groups is 1. The number of hydrogen-bond acceptors (Lipinski definition) is 5. The monoisotopic (exact) mass is 335 g/mol. The quantitative estimate of drug-likeness (QED) is 0.727. The molecule has 4 atom stereocenters. The zero-order valence-electron chi connectivity index (χ0n) is 14.9. The smallest absolute Gasteiger partial charge is 0.316 e. The molecule has 1 N–H and O–H groups in total. The molecule has 4 rings (SSSR count). The molecule has 4 aliphatic heterocycles. The molecule has 0 aromatic heterocycles. The zero-order chi connectivity index (χ0) is 17.0. The van der Waals surface area contributed by atoms with Gasteiger partial charge in [-0.2, -0.15) is 0 Å². The van der Waals surface area contributed by atoms with Crippen LogP contribution in [0.2, 0.25) is 0 Å². The van der Waals surface area contributed by atoms with Crippen molar-refractivity contribution in [3.05, 3.63) is 0 Å². The van der Waals surface area contributed by atoms with Crippen LogP contribution in [-0.2, 0) is 4.79 Å². The van der Waals surface area contributed by atoms with Crippen molar-refractivity contribution in [1.82, 2.24) is 24.9 Å². The standard InChI is InChI=1S/C17H29N5O2/c1-11(2)19-4-5-21-15(10-19)16(23)22(17(21)24)12(3)20-8-13-6-18-7-14(13)9-20/h11-15,18H,4-10H2,1-3H3. The van der Waals surface area contributed by atoms with Crippen LogP contribution in [0.1, 0.15) is 20.8 Å². The van der Waals surface area contributed by atoms with Crippen LogP contribution in [0, 0.1) is 11.8 Å². The molecule has 0 spiro atoms. The first-order valence-electron chi connectivity index (χ1n) is 9.30. The van der Waals surface area contributed by atoms with Gasteiger partial charge in [0, 0.05) is 38.8 Å². The number of carbonyl (C=O) groups excluding carboxylic acids is 2. The van der Waals surface area contributed by atoms with Crippen molar-refractivity contribution in [2.24, 2.45) is 11.8 Å². The van der Waals surface area contributed by atoms with Gasteiger partial charge in [0.25, 0.3) is 5.91 Å². The molecule has 0 saturated carbocycles. The van der Waals surface area contributed by atoms with Crippen LogP contribution in [0.15, 0.2) is 0 Å². The molecule has 0 aliphatic carbocycles. The highest BCUT2D eigenvalue weighted by Crippen LogP contribution is 2.31. The van der Waals surface area contributed by atoms with Crippen LogP contribution in [0.4, 0.5) is 4.79 Å². The van der Waals surface area contributed by atoms with E-state index in [9.17, 15) is 9.59 Å². The molecule has 3 amide bonds. The van der Waals surface area contributed by atoms with E-state index >= 15 is 0 Å². The van der Waals surface area contributed by atoms with Crippen LogP contribution in [0.25, 0.3) is 0 Å². The van der Waals surface area contributed by atoms with Gasteiger partial charge in [-0.15, -0.1) is 0 Å². The van der Waals surface area contributed by atoms with E-state index in [1.165, 1.54) is 4.90 Å². The highest BCUT2D eigenvalue weighted by molar-refractivity contribution is 6.04. The minimum atomic E-state index is -0.292. The highest BCUT2D eigenvalue weighted by atomic mass is 16.2. The Kier molecular flexibility index (Phi) is 4.05. The van der Waals surface area contributed by atoms with E-state index in [2.05, 4.69) is 29.0 Å². The lowest BCUT2D eigenvalue weighted by Gasteiger charge is -2.37. The Morgan fingerprint density at radius 3 is 2.25 bits per heavy atom. The fourth-order valence-electron chi connectivity index (χ4n) is 4.81. The summed E-state index contributed by atoms with van der Waals surface area (Å²) in [4.78, 5) is 33.7. The summed E-state index contributed by atoms with van der Waals surface area (Å²) in [6.45, 7) is 12.6. The predicted molar refractivity (Wildman–Crippen MR) is 90.3 cm³/mol. The molecule has 7 nitrogen and oxygen atoms in total. The fourth-order valence-corrected chi connectivity index (χ4v) is 4.81. The number of nitrogens with one attached hydrogen (secondary N) is 1. The van der Waals surface area contributed by atoms with E-state index in [0.717, 1.165) is 32.7 Å². The van der Waals surface area contributed by atoms with Gasteiger partial charge < -0.3 is 10.2 Å². The van der Waals surface area contributed by atoms with Crippen LogP contribution in [0.5, 0.6) is 0 Å². The fraction of sp³-hybridized carbons (Fsp3) is 0.882. The largest absolute Gasteiger partial charge is 0.328 e. The van der Waals surface area contributed by atoms with Gasteiger partial charge in [-0.3, -0.25) is 14.6 Å². The molecule has 4 heterocycles. The lowest BCUT2D eigenvalue weighted by molar-refractivity contribution is -0.133. The second-order valence-electron chi connectivity index (χ2n) is 8.05. The van der Waals surface area contributed by atoms with Gasteiger partial charge in [0.05, 0.1) is 6.17 Å². The van der Waals surface area contributed by atoms with Gasteiger partial charge in [-0.25, -0.2) is 9.69 Å². The molecule has 0 bridgehead atoms. The van der Waals surface area contributed by atoms with E-state index in [1.807, 2.05) is 6.92 Å².